The van der Waals surface area contributed by atoms with Crippen molar-refractivity contribution in [2.45, 2.75) is 45.6 Å². The number of aryl methyl sites for hydroxylation is 4. The first-order valence-corrected chi connectivity index (χ1v) is 11.8. The lowest BCUT2D eigenvalue weighted by Gasteiger charge is -2.16. The maximum absolute atomic E-state index is 12.7. The molecular formula is C25H28N2O4S. The lowest BCUT2D eigenvalue weighted by molar-refractivity contribution is -0.122. The van der Waals surface area contributed by atoms with Gasteiger partial charge in [-0.3, -0.25) is 9.52 Å². The first-order chi connectivity index (χ1) is 15.0. The molecule has 32 heavy (non-hydrogen) atoms. The summed E-state index contributed by atoms with van der Waals surface area (Å²) in [6.45, 7) is 9.55. The highest BCUT2D eigenvalue weighted by molar-refractivity contribution is 7.92. The minimum atomic E-state index is -3.74. The summed E-state index contributed by atoms with van der Waals surface area (Å²) in [5, 5.41) is 2.75. The van der Waals surface area contributed by atoms with Crippen LogP contribution in [0.5, 0.6) is 5.75 Å². The van der Waals surface area contributed by atoms with E-state index in [1.807, 2.05) is 52.0 Å². The zero-order chi connectivity index (χ0) is 23.5. The summed E-state index contributed by atoms with van der Waals surface area (Å²) in [7, 11) is -3.74. The number of rotatable bonds is 7. The summed E-state index contributed by atoms with van der Waals surface area (Å²) >= 11 is 0. The largest absolute Gasteiger partial charge is 0.481 e. The van der Waals surface area contributed by atoms with Gasteiger partial charge in [-0.05, 0) is 105 Å². The monoisotopic (exact) mass is 452 g/mol. The molecule has 0 saturated heterocycles. The maximum atomic E-state index is 12.7. The molecule has 3 aromatic rings. The molecule has 0 bridgehead atoms. The Morgan fingerprint density at radius 1 is 0.781 bits per heavy atom. The Kier molecular flexibility index (Phi) is 6.89. The second-order valence-corrected chi connectivity index (χ2v) is 9.61. The molecule has 2 N–H and O–H groups in total. The fraction of sp³-hybridized carbons (Fsp3) is 0.240. The van der Waals surface area contributed by atoms with Crippen LogP contribution in [0.2, 0.25) is 0 Å². The molecule has 0 fully saturated rings. The van der Waals surface area contributed by atoms with E-state index in [4.69, 9.17) is 4.74 Å². The van der Waals surface area contributed by atoms with Gasteiger partial charge in [-0.2, -0.15) is 0 Å². The SMILES string of the molecule is Cc1ccc(NS(=O)(=O)c2ccc(NC(=O)[C@@H](C)Oc3ccc(C)c(C)c3)cc2)cc1C. The molecule has 3 rings (SSSR count). The Morgan fingerprint density at radius 2 is 1.34 bits per heavy atom. The van der Waals surface area contributed by atoms with Crippen molar-refractivity contribution < 1.29 is 17.9 Å². The van der Waals surface area contributed by atoms with Crippen molar-refractivity contribution in [2.75, 3.05) is 10.0 Å². The normalized spacial score (nSPS) is 12.2. The Hall–Kier alpha value is -3.32. The molecule has 0 aliphatic carbocycles. The number of ether oxygens (including phenoxy) is 1. The van der Waals surface area contributed by atoms with E-state index in [0.717, 1.165) is 22.3 Å². The van der Waals surface area contributed by atoms with Gasteiger partial charge in [-0.1, -0.05) is 12.1 Å². The third-order valence-electron chi connectivity index (χ3n) is 5.35. The fourth-order valence-electron chi connectivity index (χ4n) is 3.03. The van der Waals surface area contributed by atoms with Crippen LogP contribution in [0.25, 0.3) is 0 Å². The third kappa shape index (κ3) is 5.68. The Balaban J connectivity index is 1.64. The summed E-state index contributed by atoms with van der Waals surface area (Å²) in [5.41, 5.74) is 5.31. The van der Waals surface area contributed by atoms with Crippen molar-refractivity contribution >= 4 is 27.3 Å². The number of carbonyl (C=O) groups is 1. The van der Waals surface area contributed by atoms with Gasteiger partial charge in [0.25, 0.3) is 15.9 Å². The number of nitrogens with one attached hydrogen (secondary N) is 2. The van der Waals surface area contributed by atoms with E-state index in [9.17, 15) is 13.2 Å². The van der Waals surface area contributed by atoms with E-state index >= 15 is 0 Å². The van der Waals surface area contributed by atoms with Gasteiger partial charge in [0.2, 0.25) is 0 Å². The van der Waals surface area contributed by atoms with Crippen LogP contribution in [-0.4, -0.2) is 20.4 Å². The molecule has 168 valence electrons. The van der Waals surface area contributed by atoms with Crippen molar-refractivity contribution in [2.24, 2.45) is 0 Å². The Morgan fingerprint density at radius 3 is 1.94 bits per heavy atom. The standard InChI is InChI=1S/C25H28N2O4S/c1-16-6-8-22(14-18(16)3)27-32(29,30)24-12-9-21(10-13-24)26-25(28)20(5)31-23-11-7-17(2)19(4)15-23/h6-15,20,27H,1-5H3,(H,26,28)/t20-/m1/s1. The smallest absolute Gasteiger partial charge is 0.265 e. The number of hydrogen-bond acceptors (Lipinski definition) is 4. The van der Waals surface area contributed by atoms with Gasteiger partial charge < -0.3 is 10.1 Å². The van der Waals surface area contributed by atoms with Gasteiger partial charge in [-0.15, -0.1) is 0 Å². The van der Waals surface area contributed by atoms with Crippen molar-refractivity contribution in [3.05, 3.63) is 82.9 Å². The Labute approximate surface area is 189 Å². The van der Waals surface area contributed by atoms with Crippen molar-refractivity contribution in [3.63, 3.8) is 0 Å². The number of sulfonamides is 1. The topological polar surface area (TPSA) is 84.5 Å². The molecule has 1 atom stereocenters. The van der Waals surface area contributed by atoms with E-state index in [1.165, 1.54) is 12.1 Å². The second kappa shape index (κ2) is 9.44. The maximum Gasteiger partial charge on any atom is 0.265 e. The summed E-state index contributed by atoms with van der Waals surface area (Å²) in [4.78, 5) is 12.6. The quantitative estimate of drug-likeness (QED) is 0.521. The van der Waals surface area contributed by atoms with Crippen LogP contribution >= 0.6 is 0 Å². The summed E-state index contributed by atoms with van der Waals surface area (Å²) < 4.78 is 33.7. The van der Waals surface area contributed by atoms with Gasteiger partial charge in [0.15, 0.2) is 6.10 Å². The van der Waals surface area contributed by atoms with E-state index in [0.29, 0.717) is 17.1 Å². The molecule has 0 aliphatic heterocycles. The lowest BCUT2D eigenvalue weighted by atomic mass is 10.1. The molecule has 0 spiro atoms. The highest BCUT2D eigenvalue weighted by atomic mass is 32.2. The third-order valence-corrected chi connectivity index (χ3v) is 6.75. The van der Waals surface area contributed by atoms with Crippen LogP contribution in [0.4, 0.5) is 11.4 Å². The fourth-order valence-corrected chi connectivity index (χ4v) is 4.07. The zero-order valence-corrected chi connectivity index (χ0v) is 19.7. The molecule has 0 aliphatic rings. The predicted molar refractivity (Wildman–Crippen MR) is 128 cm³/mol. The van der Waals surface area contributed by atoms with Gasteiger partial charge in [0, 0.05) is 11.4 Å². The highest BCUT2D eigenvalue weighted by Gasteiger charge is 2.17. The van der Waals surface area contributed by atoms with Gasteiger partial charge in [0.05, 0.1) is 4.90 Å². The van der Waals surface area contributed by atoms with Crippen LogP contribution in [0.1, 0.15) is 29.2 Å². The molecule has 6 nitrogen and oxygen atoms in total. The number of hydrogen-bond donors (Lipinski definition) is 2. The van der Waals surface area contributed by atoms with Gasteiger partial charge >= 0.3 is 0 Å². The minimum Gasteiger partial charge on any atom is -0.481 e. The Bertz CT molecular complexity index is 1240. The molecule has 1 amide bonds. The molecule has 0 aromatic heterocycles. The van der Waals surface area contributed by atoms with Crippen molar-refractivity contribution in [1.29, 1.82) is 0 Å². The van der Waals surface area contributed by atoms with Crippen LogP contribution in [0.3, 0.4) is 0 Å². The van der Waals surface area contributed by atoms with Crippen LogP contribution in [0.15, 0.2) is 65.6 Å². The van der Waals surface area contributed by atoms with Crippen LogP contribution in [0, 0.1) is 27.7 Å². The summed E-state index contributed by atoms with van der Waals surface area (Å²) in [5.74, 6) is 0.293. The second-order valence-electron chi connectivity index (χ2n) is 7.92. The summed E-state index contributed by atoms with van der Waals surface area (Å²) in [6, 6.07) is 17.1. The average molecular weight is 453 g/mol. The van der Waals surface area contributed by atoms with E-state index in [1.54, 1.807) is 31.2 Å². The average Bonchev–Trinajstić information content (AvgIpc) is 2.73. The van der Waals surface area contributed by atoms with Crippen LogP contribution < -0.4 is 14.8 Å². The number of anilines is 2. The van der Waals surface area contributed by atoms with E-state index in [2.05, 4.69) is 10.0 Å². The number of benzene rings is 3. The molecule has 0 heterocycles. The molecule has 7 heteroatoms. The molecular weight excluding hydrogens is 424 g/mol. The van der Waals surface area contributed by atoms with E-state index in [-0.39, 0.29) is 10.8 Å². The summed E-state index contributed by atoms with van der Waals surface area (Å²) in [6.07, 6.45) is -0.716. The number of carbonyl (C=O) groups excluding carboxylic acids is 1. The lowest BCUT2D eigenvalue weighted by Crippen LogP contribution is -2.30. The van der Waals surface area contributed by atoms with E-state index < -0.39 is 16.1 Å². The zero-order valence-electron chi connectivity index (χ0n) is 18.9. The molecule has 3 aromatic carbocycles. The van der Waals surface area contributed by atoms with Crippen LogP contribution in [-0.2, 0) is 14.8 Å². The minimum absolute atomic E-state index is 0.105. The molecule has 0 radical (unpaired) electrons. The predicted octanol–water partition coefficient (Wildman–Crippen LogP) is 5.13. The first-order valence-electron chi connectivity index (χ1n) is 10.3. The van der Waals surface area contributed by atoms with Gasteiger partial charge in [0.1, 0.15) is 5.75 Å². The van der Waals surface area contributed by atoms with Gasteiger partial charge in [-0.25, -0.2) is 8.42 Å². The highest BCUT2D eigenvalue weighted by Crippen LogP contribution is 2.21. The van der Waals surface area contributed by atoms with Crippen molar-refractivity contribution in [1.82, 2.24) is 0 Å². The first kappa shape index (κ1) is 23.3. The van der Waals surface area contributed by atoms with Crippen molar-refractivity contribution in [3.8, 4) is 5.75 Å². The number of amides is 1. The molecule has 0 unspecified atom stereocenters. The molecule has 0 saturated carbocycles.